The van der Waals surface area contributed by atoms with Gasteiger partial charge in [-0.25, -0.2) is 0 Å². The zero-order chi connectivity index (χ0) is 13.9. The third kappa shape index (κ3) is 4.32. The summed E-state index contributed by atoms with van der Waals surface area (Å²) >= 11 is 5.36. The maximum absolute atomic E-state index is 10.9. The Morgan fingerprint density at radius 2 is 2.06 bits per heavy atom. The van der Waals surface area contributed by atoms with E-state index in [2.05, 4.69) is 35.8 Å². The van der Waals surface area contributed by atoms with Gasteiger partial charge in [0.1, 0.15) is 0 Å². The minimum absolute atomic E-state index is 0.135. The van der Waals surface area contributed by atoms with Gasteiger partial charge < -0.3 is 5.11 Å². The van der Waals surface area contributed by atoms with Crippen molar-refractivity contribution in [2.45, 2.75) is 49.7 Å². The number of thioether (sulfide) groups is 1. The maximum Gasteiger partial charge on any atom is 0.304 e. The van der Waals surface area contributed by atoms with Crippen LogP contribution in [-0.4, -0.2) is 16.3 Å². The monoisotopic (exact) mass is 330 g/mol. The second-order valence-electron chi connectivity index (χ2n) is 5.27. The molecule has 0 heterocycles. The summed E-state index contributed by atoms with van der Waals surface area (Å²) in [4.78, 5) is 12.1. The number of benzene rings is 1. The van der Waals surface area contributed by atoms with E-state index in [-0.39, 0.29) is 11.8 Å². The van der Waals surface area contributed by atoms with Gasteiger partial charge >= 0.3 is 5.97 Å². The largest absolute Gasteiger partial charge is 0.481 e. The minimum atomic E-state index is -0.767. The molecular weight excluding hydrogens is 312 g/mol. The summed E-state index contributed by atoms with van der Waals surface area (Å²) in [6, 6.07) is 6.12. The van der Waals surface area contributed by atoms with E-state index in [9.17, 15) is 4.79 Å². The summed E-state index contributed by atoms with van der Waals surface area (Å²) in [6.45, 7) is 8.22. The summed E-state index contributed by atoms with van der Waals surface area (Å²) in [7, 11) is 0. The molecule has 0 spiro atoms. The average Bonchev–Trinajstić information content (AvgIpc) is 2.18. The van der Waals surface area contributed by atoms with Crippen molar-refractivity contribution in [3.63, 3.8) is 0 Å². The van der Waals surface area contributed by atoms with Gasteiger partial charge in [0.25, 0.3) is 0 Å². The van der Waals surface area contributed by atoms with Crippen molar-refractivity contribution >= 4 is 33.7 Å². The molecule has 0 aliphatic heterocycles. The van der Waals surface area contributed by atoms with Crippen molar-refractivity contribution in [1.82, 2.24) is 0 Å². The molecule has 1 rings (SSSR count). The number of hydrogen-bond donors (Lipinski definition) is 1. The van der Waals surface area contributed by atoms with Crippen molar-refractivity contribution in [1.29, 1.82) is 0 Å². The van der Waals surface area contributed by atoms with E-state index in [1.807, 2.05) is 26.0 Å². The highest BCUT2D eigenvalue weighted by Gasteiger charge is 2.24. The smallest absolute Gasteiger partial charge is 0.304 e. The second kappa shape index (κ2) is 6.11. The van der Waals surface area contributed by atoms with E-state index in [1.165, 1.54) is 4.90 Å². The molecule has 100 valence electrons. The Morgan fingerprint density at radius 1 is 1.44 bits per heavy atom. The summed E-state index contributed by atoms with van der Waals surface area (Å²) in [5.74, 6) is -0.767. The molecule has 18 heavy (non-hydrogen) atoms. The van der Waals surface area contributed by atoms with Gasteiger partial charge in [0.2, 0.25) is 0 Å². The molecule has 0 aliphatic carbocycles. The van der Waals surface area contributed by atoms with Crippen molar-refractivity contribution in [3.05, 3.63) is 28.2 Å². The zero-order valence-corrected chi connectivity index (χ0v) is 13.6. The third-order valence-corrected chi connectivity index (χ3v) is 4.67. The molecule has 0 saturated carbocycles. The van der Waals surface area contributed by atoms with Crippen LogP contribution in [0.15, 0.2) is 27.6 Å². The number of carboxylic acids is 1. The van der Waals surface area contributed by atoms with Gasteiger partial charge in [0.15, 0.2) is 0 Å². The second-order valence-corrected chi connectivity index (χ2v) is 7.74. The predicted octanol–water partition coefficient (Wildman–Crippen LogP) is 4.70. The Balaban J connectivity index is 2.99. The van der Waals surface area contributed by atoms with Gasteiger partial charge in [-0.3, -0.25) is 4.79 Å². The number of halogens is 1. The summed E-state index contributed by atoms with van der Waals surface area (Å²) in [6.07, 6.45) is 0.135. The lowest BCUT2D eigenvalue weighted by Gasteiger charge is -2.24. The van der Waals surface area contributed by atoms with E-state index in [4.69, 9.17) is 5.11 Å². The molecule has 0 fully saturated rings. The average molecular weight is 331 g/mol. The molecule has 0 unspecified atom stereocenters. The molecule has 0 amide bonds. The number of carboxylic acid groups (broad SMARTS) is 1. The molecule has 0 aliphatic rings. The van der Waals surface area contributed by atoms with Crippen LogP contribution in [0, 0.1) is 0 Å². The highest BCUT2D eigenvalue weighted by atomic mass is 79.9. The fourth-order valence-corrected chi connectivity index (χ4v) is 3.24. The fourth-order valence-electron chi connectivity index (χ4n) is 1.75. The molecule has 0 saturated heterocycles. The Morgan fingerprint density at radius 3 is 2.50 bits per heavy atom. The number of hydrogen-bond acceptors (Lipinski definition) is 2. The first-order valence-corrected chi connectivity index (χ1v) is 7.58. The highest BCUT2D eigenvalue weighted by molar-refractivity contribution is 9.10. The van der Waals surface area contributed by atoms with E-state index >= 15 is 0 Å². The molecule has 1 aromatic rings. The van der Waals surface area contributed by atoms with Crippen LogP contribution in [-0.2, 0) is 10.2 Å². The number of rotatable bonds is 5. The highest BCUT2D eigenvalue weighted by Crippen LogP contribution is 2.35. The van der Waals surface area contributed by atoms with E-state index in [0.29, 0.717) is 5.25 Å². The molecule has 4 heteroatoms. The zero-order valence-electron chi connectivity index (χ0n) is 11.2. The van der Waals surface area contributed by atoms with Gasteiger partial charge in [-0.15, -0.1) is 11.8 Å². The van der Waals surface area contributed by atoms with Crippen molar-refractivity contribution < 1.29 is 9.90 Å². The van der Waals surface area contributed by atoms with E-state index < -0.39 is 5.97 Å². The maximum atomic E-state index is 10.9. The standard InChI is InChI=1S/C14H19BrO2S/c1-9(2)18-12-6-5-10(7-11(12)15)14(3,4)8-13(16)17/h5-7,9H,8H2,1-4H3,(H,16,17). The third-order valence-electron chi connectivity index (χ3n) is 2.67. The van der Waals surface area contributed by atoms with E-state index in [1.54, 1.807) is 11.8 Å². The fraction of sp³-hybridized carbons (Fsp3) is 0.500. The van der Waals surface area contributed by atoms with Gasteiger partial charge in [-0.1, -0.05) is 33.8 Å². The van der Waals surface area contributed by atoms with Crippen LogP contribution < -0.4 is 0 Å². The number of aliphatic carboxylic acids is 1. The Hall–Kier alpha value is -0.480. The molecule has 0 radical (unpaired) electrons. The van der Waals surface area contributed by atoms with Crippen LogP contribution in [0.2, 0.25) is 0 Å². The van der Waals surface area contributed by atoms with Gasteiger partial charge in [0, 0.05) is 20.0 Å². The quantitative estimate of drug-likeness (QED) is 0.795. The normalized spacial score (nSPS) is 11.9. The first-order chi connectivity index (χ1) is 8.22. The Kier molecular flexibility index (Phi) is 5.29. The lowest BCUT2D eigenvalue weighted by molar-refractivity contribution is -0.138. The van der Waals surface area contributed by atoms with Crippen molar-refractivity contribution in [2.24, 2.45) is 0 Å². The topological polar surface area (TPSA) is 37.3 Å². The molecule has 0 bridgehead atoms. The van der Waals surface area contributed by atoms with Crippen molar-refractivity contribution in [3.8, 4) is 0 Å². The Labute approximate surface area is 121 Å². The van der Waals surface area contributed by atoms with E-state index in [0.717, 1.165) is 10.0 Å². The van der Waals surface area contributed by atoms with Crippen LogP contribution in [0.1, 0.15) is 39.7 Å². The first-order valence-electron chi connectivity index (χ1n) is 5.91. The van der Waals surface area contributed by atoms with Gasteiger partial charge in [-0.2, -0.15) is 0 Å². The molecule has 2 nitrogen and oxygen atoms in total. The minimum Gasteiger partial charge on any atom is -0.481 e. The van der Waals surface area contributed by atoms with Gasteiger partial charge in [0.05, 0.1) is 6.42 Å². The lowest BCUT2D eigenvalue weighted by atomic mass is 9.82. The van der Waals surface area contributed by atoms with Crippen LogP contribution in [0.5, 0.6) is 0 Å². The van der Waals surface area contributed by atoms with Crippen LogP contribution in [0.3, 0.4) is 0 Å². The first kappa shape index (κ1) is 15.6. The lowest BCUT2D eigenvalue weighted by Crippen LogP contribution is -2.21. The summed E-state index contributed by atoms with van der Waals surface area (Å²) in [5.41, 5.74) is 0.694. The summed E-state index contributed by atoms with van der Waals surface area (Å²) < 4.78 is 1.04. The molecule has 1 N–H and O–H groups in total. The van der Waals surface area contributed by atoms with Crippen LogP contribution in [0.4, 0.5) is 0 Å². The molecule has 0 aromatic heterocycles. The Bertz CT molecular complexity index is 441. The number of carbonyl (C=O) groups is 1. The molecular formula is C14H19BrO2S. The SMILES string of the molecule is CC(C)Sc1ccc(C(C)(C)CC(=O)O)cc1Br. The predicted molar refractivity (Wildman–Crippen MR) is 80.4 cm³/mol. The van der Waals surface area contributed by atoms with Crippen molar-refractivity contribution in [2.75, 3.05) is 0 Å². The molecule has 1 aromatic carbocycles. The summed E-state index contributed by atoms with van der Waals surface area (Å²) in [5, 5.41) is 9.46. The molecule has 0 atom stereocenters. The van der Waals surface area contributed by atoms with Crippen LogP contribution in [0.25, 0.3) is 0 Å². The van der Waals surface area contributed by atoms with Crippen LogP contribution >= 0.6 is 27.7 Å². The van der Waals surface area contributed by atoms with Gasteiger partial charge in [-0.05, 0) is 33.6 Å².